The maximum absolute atomic E-state index is 12.9. The van der Waals surface area contributed by atoms with Gasteiger partial charge in [0.15, 0.2) is 0 Å². The van der Waals surface area contributed by atoms with Crippen LogP contribution < -0.4 is 10.2 Å². The summed E-state index contributed by atoms with van der Waals surface area (Å²) >= 11 is 6.22. The van der Waals surface area contributed by atoms with Crippen LogP contribution in [0.4, 0.5) is 17.5 Å². The zero-order chi connectivity index (χ0) is 22.1. The molecule has 4 aromatic rings. The van der Waals surface area contributed by atoms with Gasteiger partial charge in [-0.3, -0.25) is 14.5 Å². The molecule has 3 aromatic heterocycles. The number of nitrogens with zero attached hydrogens (tertiary/aromatic N) is 6. The predicted octanol–water partition coefficient (Wildman–Crippen LogP) is 3.80. The van der Waals surface area contributed by atoms with Crippen LogP contribution in [0.15, 0.2) is 61.1 Å². The monoisotopic (exact) mass is 445 g/mol. The molecule has 1 aliphatic heterocycles. The van der Waals surface area contributed by atoms with Crippen LogP contribution in [0.5, 0.6) is 0 Å². The van der Waals surface area contributed by atoms with Gasteiger partial charge in [0.05, 0.1) is 35.9 Å². The normalized spacial score (nSPS) is 12.6. The minimum absolute atomic E-state index is 0.0103. The molecule has 0 aliphatic carbocycles. The fourth-order valence-corrected chi connectivity index (χ4v) is 3.96. The molecule has 0 atom stereocenters. The molecule has 1 N–H and O–H groups in total. The van der Waals surface area contributed by atoms with E-state index in [0.717, 1.165) is 34.7 Å². The number of amides is 1. The van der Waals surface area contributed by atoms with Crippen LogP contribution in [0.3, 0.4) is 0 Å². The smallest absolute Gasteiger partial charge is 0.231 e. The number of aryl methyl sites for hydroxylation is 1. The molecule has 0 unspecified atom stereocenters. The number of hydrogen-bond donors (Lipinski definition) is 1. The van der Waals surface area contributed by atoms with Crippen LogP contribution >= 0.6 is 11.6 Å². The molecule has 0 bridgehead atoms. The predicted molar refractivity (Wildman–Crippen MR) is 123 cm³/mol. The van der Waals surface area contributed by atoms with Crippen molar-refractivity contribution in [2.24, 2.45) is 7.05 Å². The highest BCUT2D eigenvalue weighted by Gasteiger charge is 2.26. The van der Waals surface area contributed by atoms with E-state index in [0.29, 0.717) is 23.2 Å². The van der Waals surface area contributed by atoms with Crippen LogP contribution in [0, 0.1) is 0 Å². The number of nitrogens with one attached hydrogen (secondary N) is 1. The highest BCUT2D eigenvalue weighted by atomic mass is 35.5. The average molecular weight is 446 g/mol. The molecule has 8 nitrogen and oxygen atoms in total. The lowest BCUT2D eigenvalue weighted by molar-refractivity contribution is -0.117. The number of carbonyl (C=O) groups is 1. The largest absolute Gasteiger partial charge is 0.310 e. The Balaban J connectivity index is 1.36. The van der Waals surface area contributed by atoms with Gasteiger partial charge in [-0.15, -0.1) is 0 Å². The van der Waals surface area contributed by atoms with E-state index in [2.05, 4.69) is 25.4 Å². The molecule has 0 spiro atoms. The van der Waals surface area contributed by atoms with E-state index in [1.54, 1.807) is 34.2 Å². The van der Waals surface area contributed by atoms with Crippen molar-refractivity contribution in [1.82, 2.24) is 24.7 Å². The summed E-state index contributed by atoms with van der Waals surface area (Å²) in [5.41, 5.74) is 4.18. The van der Waals surface area contributed by atoms with Crippen LogP contribution in [0.2, 0.25) is 5.02 Å². The van der Waals surface area contributed by atoms with Gasteiger partial charge in [0.25, 0.3) is 0 Å². The van der Waals surface area contributed by atoms with E-state index in [4.69, 9.17) is 11.6 Å². The number of carbonyl (C=O) groups excluding carboxylic acids is 1. The maximum Gasteiger partial charge on any atom is 0.231 e. The number of fused-ring (bicyclic) bond motifs is 1. The topological polar surface area (TPSA) is 88.8 Å². The van der Waals surface area contributed by atoms with Crippen LogP contribution in [-0.2, 0) is 24.7 Å². The Hall–Kier alpha value is -3.78. The van der Waals surface area contributed by atoms with E-state index in [1.165, 1.54) is 0 Å². The van der Waals surface area contributed by atoms with Gasteiger partial charge in [0.2, 0.25) is 11.9 Å². The molecule has 5 rings (SSSR count). The van der Waals surface area contributed by atoms with Crippen LogP contribution in [0.25, 0.3) is 11.4 Å². The van der Waals surface area contributed by atoms with Gasteiger partial charge in [0, 0.05) is 30.9 Å². The fraction of sp³-hybridized carbons (Fsp3) is 0.174. The first kappa shape index (κ1) is 20.1. The molecule has 160 valence electrons. The molecule has 9 heteroatoms. The lowest BCUT2D eigenvalue weighted by Gasteiger charge is -2.17. The first-order valence-electron chi connectivity index (χ1n) is 10.2. The van der Waals surface area contributed by atoms with Gasteiger partial charge >= 0.3 is 0 Å². The van der Waals surface area contributed by atoms with E-state index in [-0.39, 0.29) is 12.3 Å². The van der Waals surface area contributed by atoms with Crippen molar-refractivity contribution in [1.29, 1.82) is 0 Å². The van der Waals surface area contributed by atoms with Crippen LogP contribution in [0.1, 0.15) is 11.1 Å². The van der Waals surface area contributed by atoms with E-state index in [9.17, 15) is 4.79 Å². The first-order chi connectivity index (χ1) is 15.6. The Bertz CT molecular complexity index is 1300. The Labute approximate surface area is 189 Å². The standard InChI is InChI=1S/C23H20ClN7O/c1-30-21(7-10-27-30)29-23-25-9-6-18(28-23)19-12-16-8-11-31(20(16)14-26-19)22(32)13-15-4-2-3-5-17(15)24/h2-7,9-10,12,14H,8,11,13H2,1H3,(H,25,28,29). The summed E-state index contributed by atoms with van der Waals surface area (Å²) in [5, 5.41) is 7.89. The van der Waals surface area contributed by atoms with Crippen molar-refractivity contribution < 1.29 is 4.79 Å². The summed E-state index contributed by atoms with van der Waals surface area (Å²) in [6.45, 7) is 0.626. The molecule has 1 aromatic carbocycles. The van der Waals surface area contributed by atoms with Crippen molar-refractivity contribution >= 4 is 35.0 Å². The highest BCUT2D eigenvalue weighted by molar-refractivity contribution is 6.31. The van der Waals surface area contributed by atoms with Crippen molar-refractivity contribution in [2.45, 2.75) is 12.8 Å². The molecule has 0 radical (unpaired) electrons. The number of benzene rings is 1. The Morgan fingerprint density at radius 2 is 2.00 bits per heavy atom. The third-order valence-electron chi connectivity index (χ3n) is 5.44. The zero-order valence-corrected chi connectivity index (χ0v) is 18.1. The fourth-order valence-electron chi connectivity index (χ4n) is 3.76. The number of halogens is 1. The number of hydrogen-bond acceptors (Lipinski definition) is 6. The van der Waals surface area contributed by atoms with Gasteiger partial charge in [-0.2, -0.15) is 5.10 Å². The van der Waals surface area contributed by atoms with Gasteiger partial charge in [-0.1, -0.05) is 29.8 Å². The van der Waals surface area contributed by atoms with Crippen LogP contribution in [-0.4, -0.2) is 37.2 Å². The number of rotatable bonds is 5. The lowest BCUT2D eigenvalue weighted by atomic mass is 10.1. The second-order valence-electron chi connectivity index (χ2n) is 7.49. The molecule has 4 heterocycles. The molecule has 1 aliphatic rings. The maximum atomic E-state index is 12.9. The molecule has 0 saturated carbocycles. The number of aromatic nitrogens is 5. The minimum atomic E-state index is 0.0103. The zero-order valence-electron chi connectivity index (χ0n) is 17.4. The lowest BCUT2D eigenvalue weighted by Crippen LogP contribution is -2.30. The van der Waals surface area contributed by atoms with E-state index in [1.807, 2.05) is 43.4 Å². The molecular formula is C23H20ClN7O. The Kier molecular flexibility index (Phi) is 5.28. The molecular weight excluding hydrogens is 426 g/mol. The van der Waals surface area contributed by atoms with Gasteiger partial charge in [-0.25, -0.2) is 9.97 Å². The Morgan fingerprint density at radius 1 is 1.12 bits per heavy atom. The summed E-state index contributed by atoms with van der Waals surface area (Å²) < 4.78 is 1.71. The van der Waals surface area contributed by atoms with Crippen molar-refractivity contribution in [2.75, 3.05) is 16.8 Å². The van der Waals surface area contributed by atoms with Crippen molar-refractivity contribution in [3.8, 4) is 11.4 Å². The molecule has 0 fully saturated rings. The van der Waals surface area contributed by atoms with E-state index < -0.39 is 0 Å². The van der Waals surface area contributed by atoms with Gasteiger partial charge < -0.3 is 10.2 Å². The van der Waals surface area contributed by atoms with Crippen molar-refractivity contribution in [3.05, 3.63) is 77.2 Å². The summed E-state index contributed by atoms with van der Waals surface area (Å²) in [5.74, 6) is 1.26. The minimum Gasteiger partial charge on any atom is -0.310 e. The Morgan fingerprint density at radius 3 is 2.81 bits per heavy atom. The second-order valence-corrected chi connectivity index (χ2v) is 7.90. The molecule has 1 amide bonds. The highest BCUT2D eigenvalue weighted by Crippen LogP contribution is 2.31. The number of anilines is 3. The molecule has 0 saturated heterocycles. The summed E-state index contributed by atoms with van der Waals surface area (Å²) in [4.78, 5) is 28.1. The SMILES string of the molecule is Cn1nccc1Nc1nccc(-c2cc3c(cn2)N(C(=O)Cc2ccccc2Cl)CC3)n1. The van der Waals surface area contributed by atoms with Gasteiger partial charge in [-0.05, 0) is 35.7 Å². The van der Waals surface area contributed by atoms with E-state index >= 15 is 0 Å². The first-order valence-corrected chi connectivity index (χ1v) is 10.6. The van der Waals surface area contributed by atoms with Gasteiger partial charge in [0.1, 0.15) is 5.82 Å². The average Bonchev–Trinajstić information content (AvgIpc) is 3.41. The summed E-state index contributed by atoms with van der Waals surface area (Å²) in [7, 11) is 1.84. The third kappa shape index (κ3) is 3.92. The quantitative estimate of drug-likeness (QED) is 0.502. The number of pyridine rings is 1. The summed E-state index contributed by atoms with van der Waals surface area (Å²) in [6, 6.07) is 13.1. The summed E-state index contributed by atoms with van der Waals surface area (Å²) in [6.07, 6.45) is 6.17. The second kappa shape index (κ2) is 8.39. The third-order valence-corrected chi connectivity index (χ3v) is 5.81. The molecule has 32 heavy (non-hydrogen) atoms. The van der Waals surface area contributed by atoms with Crippen molar-refractivity contribution in [3.63, 3.8) is 0 Å².